The summed E-state index contributed by atoms with van der Waals surface area (Å²) in [5, 5.41) is 10.9. The Morgan fingerprint density at radius 3 is 2.05 bits per heavy atom. The van der Waals surface area contributed by atoms with Gasteiger partial charge in [-0.2, -0.15) is 0 Å². The van der Waals surface area contributed by atoms with E-state index in [0.29, 0.717) is 0 Å². The van der Waals surface area contributed by atoms with Crippen LogP contribution in [0.1, 0.15) is 54.7 Å². The zero-order chi connectivity index (χ0) is 15.4. The summed E-state index contributed by atoms with van der Waals surface area (Å²) in [5.74, 6) is 0. The van der Waals surface area contributed by atoms with E-state index >= 15 is 0 Å². The molecule has 0 aliphatic carbocycles. The summed E-state index contributed by atoms with van der Waals surface area (Å²) >= 11 is 2.29. The molecule has 2 aromatic rings. The van der Waals surface area contributed by atoms with E-state index in [1.165, 1.54) is 16.7 Å². The van der Waals surface area contributed by atoms with Crippen molar-refractivity contribution in [3.63, 3.8) is 0 Å². The van der Waals surface area contributed by atoms with Crippen molar-refractivity contribution < 1.29 is 5.11 Å². The number of aliphatic hydroxyl groups is 1. The smallest absolute Gasteiger partial charge is 0.105 e. The lowest BCUT2D eigenvalue weighted by Gasteiger charge is -2.21. The summed E-state index contributed by atoms with van der Waals surface area (Å²) in [5.41, 5.74) is 6.01. The number of halogens is 1. The molecule has 0 saturated carbocycles. The summed E-state index contributed by atoms with van der Waals surface area (Å²) < 4.78 is 1.16. The molecule has 21 heavy (non-hydrogen) atoms. The van der Waals surface area contributed by atoms with Gasteiger partial charge in [-0.3, -0.25) is 0 Å². The third-order valence-corrected chi connectivity index (χ3v) is 4.69. The number of aryl methyl sites for hydroxylation is 3. The van der Waals surface area contributed by atoms with Crippen molar-refractivity contribution >= 4 is 22.6 Å². The fraction of sp³-hybridized carbons (Fsp3) is 0.368. The molecule has 2 aromatic carbocycles. The van der Waals surface area contributed by atoms with Gasteiger partial charge in [-0.15, -0.1) is 0 Å². The molecular weight excluding hydrogens is 371 g/mol. The lowest BCUT2D eigenvalue weighted by molar-refractivity contribution is 0.218. The highest BCUT2D eigenvalue weighted by atomic mass is 127. The van der Waals surface area contributed by atoms with Gasteiger partial charge in [-0.1, -0.05) is 45.0 Å². The monoisotopic (exact) mass is 394 g/mol. The van der Waals surface area contributed by atoms with Crippen molar-refractivity contribution in [1.29, 1.82) is 0 Å². The highest BCUT2D eigenvalue weighted by Gasteiger charge is 2.18. The minimum absolute atomic E-state index is 0.532. The molecule has 2 rings (SSSR count). The summed E-state index contributed by atoms with van der Waals surface area (Å²) in [6.07, 6.45) is 2.42. The van der Waals surface area contributed by atoms with Crippen LogP contribution in [-0.2, 0) is 19.3 Å². The van der Waals surface area contributed by atoms with Crippen molar-refractivity contribution in [2.75, 3.05) is 0 Å². The van der Waals surface area contributed by atoms with E-state index in [0.717, 1.165) is 34.0 Å². The Morgan fingerprint density at radius 1 is 0.952 bits per heavy atom. The minimum atomic E-state index is -0.532. The third-order valence-electron chi connectivity index (χ3n) is 4.02. The van der Waals surface area contributed by atoms with Crippen molar-refractivity contribution in [1.82, 2.24) is 0 Å². The molecule has 0 aliphatic heterocycles. The Morgan fingerprint density at radius 2 is 1.57 bits per heavy atom. The lowest BCUT2D eigenvalue weighted by atomic mass is 9.88. The molecule has 2 heteroatoms. The van der Waals surface area contributed by atoms with Gasteiger partial charge in [0.25, 0.3) is 0 Å². The summed E-state index contributed by atoms with van der Waals surface area (Å²) in [7, 11) is 0. The molecule has 1 atom stereocenters. The first-order valence-electron chi connectivity index (χ1n) is 7.68. The molecule has 0 aromatic heterocycles. The highest BCUT2D eigenvalue weighted by Crippen LogP contribution is 2.31. The Labute approximate surface area is 141 Å². The molecule has 0 amide bonds. The van der Waals surface area contributed by atoms with Crippen LogP contribution in [0.3, 0.4) is 0 Å². The predicted molar refractivity (Wildman–Crippen MR) is 97.8 cm³/mol. The first-order chi connectivity index (χ1) is 10.1. The number of rotatable bonds is 5. The molecule has 1 N–H and O–H groups in total. The van der Waals surface area contributed by atoms with Crippen molar-refractivity contribution in [2.45, 2.75) is 46.1 Å². The largest absolute Gasteiger partial charge is 0.384 e. The van der Waals surface area contributed by atoms with E-state index < -0.39 is 6.10 Å². The second-order valence-corrected chi connectivity index (χ2v) is 6.59. The van der Waals surface area contributed by atoms with Gasteiger partial charge in [-0.25, -0.2) is 0 Å². The molecule has 0 bridgehead atoms. The summed E-state index contributed by atoms with van der Waals surface area (Å²) in [4.78, 5) is 0. The predicted octanol–water partition coefficient (Wildman–Crippen LogP) is 5.06. The standard InChI is InChI=1S/C19H23IO/c1-4-13-10-14(5-2)18(15(6-3)11-13)19(21)16-8-7-9-17(20)12-16/h7-12,19,21H,4-6H2,1-3H3. The van der Waals surface area contributed by atoms with Crippen LogP contribution in [0, 0.1) is 3.57 Å². The van der Waals surface area contributed by atoms with Crippen LogP contribution in [0.5, 0.6) is 0 Å². The van der Waals surface area contributed by atoms with Gasteiger partial charge in [0, 0.05) is 3.57 Å². The Bertz CT molecular complexity index is 594. The number of hydrogen-bond acceptors (Lipinski definition) is 1. The zero-order valence-electron chi connectivity index (χ0n) is 13.0. The SMILES string of the molecule is CCc1cc(CC)c(C(O)c2cccc(I)c2)c(CC)c1. The fourth-order valence-electron chi connectivity index (χ4n) is 2.83. The zero-order valence-corrected chi connectivity index (χ0v) is 15.1. The molecule has 0 saturated heterocycles. The minimum Gasteiger partial charge on any atom is -0.384 e. The Kier molecular flexibility index (Phi) is 5.82. The molecule has 112 valence electrons. The lowest BCUT2D eigenvalue weighted by Crippen LogP contribution is -2.09. The maximum Gasteiger partial charge on any atom is 0.105 e. The normalized spacial score (nSPS) is 12.4. The van der Waals surface area contributed by atoms with Crippen LogP contribution in [0.25, 0.3) is 0 Å². The van der Waals surface area contributed by atoms with Gasteiger partial charge >= 0.3 is 0 Å². The van der Waals surface area contributed by atoms with Crippen LogP contribution in [-0.4, -0.2) is 5.11 Å². The van der Waals surface area contributed by atoms with E-state index in [-0.39, 0.29) is 0 Å². The van der Waals surface area contributed by atoms with E-state index in [1.807, 2.05) is 12.1 Å². The van der Waals surface area contributed by atoms with Crippen molar-refractivity contribution in [3.05, 3.63) is 67.8 Å². The maximum absolute atomic E-state index is 10.9. The van der Waals surface area contributed by atoms with Gasteiger partial charge < -0.3 is 5.11 Å². The first kappa shape index (κ1) is 16.5. The van der Waals surface area contributed by atoms with Gasteiger partial charge in [0.1, 0.15) is 6.10 Å². The average Bonchev–Trinajstić information content (AvgIpc) is 2.52. The number of benzene rings is 2. The van der Waals surface area contributed by atoms with Gasteiger partial charge in [0.05, 0.1) is 0 Å². The highest BCUT2D eigenvalue weighted by molar-refractivity contribution is 14.1. The van der Waals surface area contributed by atoms with Gasteiger partial charge in [0.2, 0.25) is 0 Å². The van der Waals surface area contributed by atoms with E-state index in [2.05, 4.69) is 67.6 Å². The third kappa shape index (κ3) is 3.67. The van der Waals surface area contributed by atoms with Crippen molar-refractivity contribution in [3.8, 4) is 0 Å². The summed E-state index contributed by atoms with van der Waals surface area (Å²) in [6, 6.07) is 12.7. The van der Waals surface area contributed by atoms with Crippen LogP contribution in [0.4, 0.5) is 0 Å². The molecule has 0 aliphatic rings. The molecular formula is C19H23IO. The fourth-order valence-corrected chi connectivity index (χ4v) is 3.40. The topological polar surface area (TPSA) is 20.2 Å². The second-order valence-electron chi connectivity index (χ2n) is 5.35. The van der Waals surface area contributed by atoms with Gasteiger partial charge in [0.15, 0.2) is 0 Å². The number of hydrogen-bond donors (Lipinski definition) is 1. The molecule has 0 spiro atoms. The van der Waals surface area contributed by atoms with Crippen molar-refractivity contribution in [2.24, 2.45) is 0 Å². The van der Waals surface area contributed by atoms with E-state index in [1.54, 1.807) is 0 Å². The number of aliphatic hydroxyl groups excluding tert-OH is 1. The van der Waals surface area contributed by atoms with Gasteiger partial charge in [-0.05, 0) is 81.8 Å². The molecule has 0 fully saturated rings. The molecule has 0 radical (unpaired) electrons. The second kappa shape index (κ2) is 7.41. The van der Waals surface area contributed by atoms with Crippen LogP contribution >= 0.6 is 22.6 Å². The Balaban J connectivity index is 2.55. The van der Waals surface area contributed by atoms with Crippen LogP contribution in [0.2, 0.25) is 0 Å². The molecule has 0 heterocycles. The first-order valence-corrected chi connectivity index (χ1v) is 8.76. The van der Waals surface area contributed by atoms with E-state index in [9.17, 15) is 5.11 Å². The average molecular weight is 394 g/mol. The van der Waals surface area contributed by atoms with Crippen LogP contribution < -0.4 is 0 Å². The quantitative estimate of drug-likeness (QED) is 0.703. The van der Waals surface area contributed by atoms with E-state index in [4.69, 9.17) is 0 Å². The maximum atomic E-state index is 10.9. The Hall–Kier alpha value is -0.870. The molecule has 1 unspecified atom stereocenters. The van der Waals surface area contributed by atoms with Crippen LogP contribution in [0.15, 0.2) is 36.4 Å². The summed E-state index contributed by atoms with van der Waals surface area (Å²) in [6.45, 7) is 6.52. The molecule has 1 nitrogen and oxygen atoms in total.